The number of amides is 2. The van der Waals surface area contributed by atoms with Crippen LogP contribution in [0.1, 0.15) is 12.0 Å². The highest BCUT2D eigenvalue weighted by atomic mass is 35.5. The van der Waals surface area contributed by atoms with Crippen molar-refractivity contribution >= 4 is 34.8 Å². The molecule has 0 spiro atoms. The summed E-state index contributed by atoms with van der Waals surface area (Å²) in [5.74, 6) is 0.508. The number of carbonyl (C=O) groups is 2. The summed E-state index contributed by atoms with van der Waals surface area (Å²) >= 11 is 6.06. The Bertz CT molecular complexity index is 792. The molecule has 0 radical (unpaired) electrons. The third-order valence-electron chi connectivity index (χ3n) is 3.97. The van der Waals surface area contributed by atoms with Crippen molar-refractivity contribution < 1.29 is 14.3 Å². The maximum atomic E-state index is 12.1. The topological polar surface area (TPSA) is 70.7 Å². The fourth-order valence-corrected chi connectivity index (χ4v) is 2.65. The summed E-state index contributed by atoms with van der Waals surface area (Å²) < 4.78 is 5.10. The van der Waals surface area contributed by atoms with Crippen LogP contribution >= 0.6 is 11.6 Å². The molecule has 0 saturated carbocycles. The number of nitrogens with zero attached hydrogens (tertiary/aromatic N) is 1. The number of aryl methyl sites for hydroxylation is 1. The fourth-order valence-electron chi connectivity index (χ4n) is 2.39. The first-order chi connectivity index (χ1) is 12.9. The second-order valence-electron chi connectivity index (χ2n) is 6.24. The number of methoxy groups -OCH3 is 1. The lowest BCUT2D eigenvalue weighted by molar-refractivity contribution is -0.128. The summed E-state index contributed by atoms with van der Waals surface area (Å²) in [4.78, 5) is 25.3. The van der Waals surface area contributed by atoms with Gasteiger partial charge in [0.1, 0.15) is 5.75 Å². The molecular weight excluding hydrogens is 366 g/mol. The molecule has 2 aromatic carbocycles. The molecule has 0 unspecified atom stereocenters. The molecule has 2 aromatic rings. The number of benzene rings is 2. The molecule has 2 N–H and O–H groups in total. The Balaban J connectivity index is 1.81. The van der Waals surface area contributed by atoms with Gasteiger partial charge in [-0.3, -0.25) is 9.59 Å². The highest BCUT2D eigenvalue weighted by Crippen LogP contribution is 2.27. The van der Waals surface area contributed by atoms with Crippen LogP contribution in [0.25, 0.3) is 0 Å². The van der Waals surface area contributed by atoms with Crippen LogP contribution in [-0.4, -0.2) is 44.5 Å². The van der Waals surface area contributed by atoms with E-state index in [0.29, 0.717) is 29.3 Å². The molecule has 0 heterocycles. The average Bonchev–Trinajstić information content (AvgIpc) is 2.65. The van der Waals surface area contributed by atoms with Crippen LogP contribution in [0.5, 0.6) is 5.75 Å². The van der Waals surface area contributed by atoms with Gasteiger partial charge in [-0.2, -0.15) is 0 Å². The van der Waals surface area contributed by atoms with Crippen molar-refractivity contribution in [3.05, 3.63) is 53.1 Å². The lowest BCUT2D eigenvalue weighted by atomic mass is 10.1. The van der Waals surface area contributed by atoms with E-state index in [4.69, 9.17) is 16.3 Å². The van der Waals surface area contributed by atoms with E-state index in [0.717, 1.165) is 11.3 Å². The van der Waals surface area contributed by atoms with Crippen LogP contribution in [0, 0.1) is 0 Å². The molecule has 0 atom stereocenters. The van der Waals surface area contributed by atoms with E-state index < -0.39 is 0 Å². The Morgan fingerprint density at radius 3 is 2.33 bits per heavy atom. The summed E-state index contributed by atoms with van der Waals surface area (Å²) in [6.45, 7) is 0.113. The van der Waals surface area contributed by atoms with Gasteiger partial charge in [0.05, 0.1) is 18.7 Å². The summed E-state index contributed by atoms with van der Waals surface area (Å²) in [6.07, 6.45) is 1.14. The van der Waals surface area contributed by atoms with E-state index in [1.807, 2.05) is 24.3 Å². The molecule has 0 saturated heterocycles. The molecule has 2 amide bonds. The van der Waals surface area contributed by atoms with E-state index in [-0.39, 0.29) is 18.4 Å². The number of carbonyl (C=O) groups excluding carboxylic acids is 2. The molecule has 0 aromatic heterocycles. The zero-order valence-corrected chi connectivity index (χ0v) is 16.5. The summed E-state index contributed by atoms with van der Waals surface area (Å²) in [5.41, 5.74) is 2.49. The van der Waals surface area contributed by atoms with Gasteiger partial charge in [0, 0.05) is 31.9 Å². The van der Waals surface area contributed by atoms with Gasteiger partial charge in [-0.1, -0.05) is 23.7 Å². The average molecular weight is 390 g/mol. The SMILES string of the molecule is COc1ccc(NCC(=O)Nc2ccc(CCC(=O)N(C)C)cc2)cc1Cl. The maximum Gasteiger partial charge on any atom is 0.243 e. The summed E-state index contributed by atoms with van der Waals surface area (Å²) in [7, 11) is 5.04. The van der Waals surface area contributed by atoms with Crippen molar-refractivity contribution in [3.63, 3.8) is 0 Å². The van der Waals surface area contributed by atoms with Crippen molar-refractivity contribution in [2.75, 3.05) is 38.4 Å². The fraction of sp³-hybridized carbons (Fsp3) is 0.300. The zero-order valence-electron chi connectivity index (χ0n) is 15.7. The maximum absolute atomic E-state index is 12.1. The molecule has 27 heavy (non-hydrogen) atoms. The van der Waals surface area contributed by atoms with Crippen molar-refractivity contribution in [1.82, 2.24) is 4.90 Å². The number of anilines is 2. The second-order valence-corrected chi connectivity index (χ2v) is 6.64. The first kappa shape index (κ1) is 20.6. The quantitative estimate of drug-likeness (QED) is 0.725. The van der Waals surface area contributed by atoms with Gasteiger partial charge < -0.3 is 20.3 Å². The van der Waals surface area contributed by atoms with Crippen LogP contribution in [0.15, 0.2) is 42.5 Å². The molecule has 0 fully saturated rings. The minimum Gasteiger partial charge on any atom is -0.495 e. The summed E-state index contributed by atoms with van der Waals surface area (Å²) in [5, 5.41) is 6.32. The molecular formula is C20H24ClN3O3. The van der Waals surface area contributed by atoms with Crippen LogP contribution in [0.4, 0.5) is 11.4 Å². The van der Waals surface area contributed by atoms with Crippen LogP contribution < -0.4 is 15.4 Å². The minimum absolute atomic E-state index is 0.0945. The van der Waals surface area contributed by atoms with Gasteiger partial charge in [-0.05, 0) is 42.3 Å². The summed E-state index contributed by atoms with van der Waals surface area (Å²) in [6, 6.07) is 12.7. The normalized spacial score (nSPS) is 10.2. The highest BCUT2D eigenvalue weighted by molar-refractivity contribution is 6.32. The first-order valence-electron chi connectivity index (χ1n) is 8.55. The Morgan fingerprint density at radius 1 is 1.07 bits per heavy atom. The van der Waals surface area contributed by atoms with Crippen molar-refractivity contribution in [3.8, 4) is 5.75 Å². The number of hydrogen-bond donors (Lipinski definition) is 2. The van der Waals surface area contributed by atoms with Gasteiger partial charge in [0.15, 0.2) is 0 Å². The minimum atomic E-state index is -0.169. The van der Waals surface area contributed by atoms with Crippen molar-refractivity contribution in [2.24, 2.45) is 0 Å². The Kier molecular flexibility index (Phi) is 7.49. The number of ether oxygens (including phenoxy) is 1. The molecule has 7 heteroatoms. The van der Waals surface area contributed by atoms with Crippen LogP contribution in [0.2, 0.25) is 5.02 Å². The number of halogens is 1. The van der Waals surface area contributed by atoms with Gasteiger partial charge in [0.25, 0.3) is 0 Å². The van der Waals surface area contributed by atoms with E-state index in [1.165, 1.54) is 0 Å². The second kappa shape index (κ2) is 9.83. The molecule has 0 bridgehead atoms. The van der Waals surface area contributed by atoms with Gasteiger partial charge in [-0.15, -0.1) is 0 Å². The predicted octanol–water partition coefficient (Wildman–Crippen LogP) is 3.42. The van der Waals surface area contributed by atoms with Crippen LogP contribution in [0.3, 0.4) is 0 Å². The lowest BCUT2D eigenvalue weighted by Gasteiger charge is -2.11. The van der Waals surface area contributed by atoms with Crippen LogP contribution in [-0.2, 0) is 16.0 Å². The number of nitrogens with one attached hydrogen (secondary N) is 2. The first-order valence-corrected chi connectivity index (χ1v) is 8.93. The molecule has 6 nitrogen and oxygen atoms in total. The largest absolute Gasteiger partial charge is 0.495 e. The Labute approximate surface area is 164 Å². The standard InChI is InChI=1S/C20H24ClN3O3/c1-24(2)20(26)11-6-14-4-7-15(8-5-14)23-19(25)13-22-16-9-10-18(27-3)17(21)12-16/h4-5,7-10,12,22H,6,11,13H2,1-3H3,(H,23,25). The van der Waals surface area contributed by atoms with Crippen molar-refractivity contribution in [2.45, 2.75) is 12.8 Å². The highest BCUT2D eigenvalue weighted by Gasteiger charge is 2.07. The van der Waals surface area contributed by atoms with E-state index in [2.05, 4.69) is 10.6 Å². The third kappa shape index (κ3) is 6.49. The van der Waals surface area contributed by atoms with E-state index >= 15 is 0 Å². The Hall–Kier alpha value is -2.73. The molecule has 0 aliphatic carbocycles. The van der Waals surface area contributed by atoms with Crippen molar-refractivity contribution in [1.29, 1.82) is 0 Å². The molecule has 0 aliphatic heterocycles. The Morgan fingerprint density at radius 2 is 1.74 bits per heavy atom. The van der Waals surface area contributed by atoms with Gasteiger partial charge in [0.2, 0.25) is 11.8 Å². The monoisotopic (exact) mass is 389 g/mol. The zero-order chi connectivity index (χ0) is 19.8. The molecule has 144 valence electrons. The van der Waals surface area contributed by atoms with E-state index in [9.17, 15) is 9.59 Å². The number of rotatable bonds is 8. The van der Waals surface area contributed by atoms with Gasteiger partial charge >= 0.3 is 0 Å². The smallest absolute Gasteiger partial charge is 0.243 e. The molecule has 2 rings (SSSR count). The lowest BCUT2D eigenvalue weighted by Crippen LogP contribution is -2.22. The molecule has 0 aliphatic rings. The predicted molar refractivity (Wildman–Crippen MR) is 109 cm³/mol. The number of hydrogen-bond acceptors (Lipinski definition) is 4. The van der Waals surface area contributed by atoms with E-state index in [1.54, 1.807) is 44.3 Å². The third-order valence-corrected chi connectivity index (χ3v) is 4.26. The van der Waals surface area contributed by atoms with Gasteiger partial charge in [-0.25, -0.2) is 0 Å².